The second-order valence-corrected chi connectivity index (χ2v) is 11.1. The van der Waals surface area contributed by atoms with Crippen molar-refractivity contribution in [3.8, 4) is 5.75 Å². The predicted molar refractivity (Wildman–Crippen MR) is 130 cm³/mol. The minimum Gasteiger partial charge on any atom is -0.497 e. The van der Waals surface area contributed by atoms with Gasteiger partial charge in [-0.2, -0.15) is 0 Å². The Kier molecular flexibility index (Phi) is 8.49. The number of benzene rings is 1. The lowest BCUT2D eigenvalue weighted by atomic mass is 9.65. The Balaban J connectivity index is 1.32. The lowest BCUT2D eigenvalue weighted by Crippen LogP contribution is -2.46. The first-order valence-corrected chi connectivity index (χ1v) is 12.5. The normalized spacial score (nSPS) is 19.4. The number of hydrogen-bond acceptors (Lipinski definition) is 4. The van der Waals surface area contributed by atoms with Gasteiger partial charge < -0.3 is 19.3 Å². The van der Waals surface area contributed by atoms with E-state index in [1.165, 1.54) is 44.1 Å². The maximum absolute atomic E-state index is 12.3. The number of nitrogens with zero attached hydrogens (tertiary/aromatic N) is 2. The van der Waals surface area contributed by atoms with Gasteiger partial charge in [-0.1, -0.05) is 12.1 Å². The van der Waals surface area contributed by atoms with Gasteiger partial charge in [0, 0.05) is 19.6 Å². The summed E-state index contributed by atoms with van der Waals surface area (Å²) < 4.78 is 10.8. The van der Waals surface area contributed by atoms with Crippen molar-refractivity contribution in [1.29, 1.82) is 0 Å². The summed E-state index contributed by atoms with van der Waals surface area (Å²) in [6.45, 7) is 9.67. The number of piperidine rings is 1. The first-order chi connectivity index (χ1) is 15.2. The fraction of sp³-hybridized carbons (Fsp3) is 0.741. The summed E-state index contributed by atoms with van der Waals surface area (Å²) in [4.78, 5) is 16.7. The molecule has 5 nitrogen and oxygen atoms in total. The lowest BCUT2D eigenvalue weighted by Gasteiger charge is -2.46. The average molecular weight is 445 g/mol. The second kappa shape index (κ2) is 10.9. The monoisotopic (exact) mass is 444 g/mol. The predicted octanol–water partition coefficient (Wildman–Crippen LogP) is 6.11. The first-order valence-electron chi connectivity index (χ1n) is 12.5. The molecule has 1 aliphatic heterocycles. The van der Waals surface area contributed by atoms with Crippen molar-refractivity contribution in [2.24, 2.45) is 11.3 Å². The Morgan fingerprint density at radius 2 is 1.72 bits per heavy atom. The number of hydrogen-bond donors (Lipinski definition) is 0. The van der Waals surface area contributed by atoms with E-state index >= 15 is 0 Å². The maximum atomic E-state index is 12.3. The van der Waals surface area contributed by atoms with Crippen molar-refractivity contribution in [1.82, 2.24) is 9.80 Å². The molecular formula is C27H44N2O3. The Labute approximate surface area is 195 Å². The topological polar surface area (TPSA) is 42.0 Å². The number of likely N-dealkylation sites (tertiary alicyclic amines) is 1. The Morgan fingerprint density at radius 3 is 2.28 bits per heavy atom. The summed E-state index contributed by atoms with van der Waals surface area (Å²) in [7, 11) is 3.93. The molecule has 1 aromatic rings. The van der Waals surface area contributed by atoms with Gasteiger partial charge in [-0.05, 0) is 115 Å². The third-order valence-corrected chi connectivity index (χ3v) is 7.41. The van der Waals surface area contributed by atoms with Crippen molar-refractivity contribution in [3.05, 3.63) is 29.8 Å². The summed E-state index contributed by atoms with van der Waals surface area (Å²) in [5, 5.41) is 0. The zero-order valence-corrected chi connectivity index (χ0v) is 21.0. The molecule has 1 aliphatic carbocycles. The molecule has 0 radical (unpaired) electrons. The summed E-state index contributed by atoms with van der Waals surface area (Å²) >= 11 is 0. The van der Waals surface area contributed by atoms with Gasteiger partial charge in [-0.3, -0.25) is 0 Å². The van der Waals surface area contributed by atoms with Crippen LogP contribution >= 0.6 is 0 Å². The molecule has 32 heavy (non-hydrogen) atoms. The summed E-state index contributed by atoms with van der Waals surface area (Å²) in [5.74, 6) is 1.79. The fourth-order valence-electron chi connectivity index (χ4n) is 5.34. The fourth-order valence-corrected chi connectivity index (χ4v) is 5.34. The van der Waals surface area contributed by atoms with Crippen LogP contribution in [-0.2, 0) is 11.3 Å². The smallest absolute Gasteiger partial charge is 0.410 e. The first kappa shape index (κ1) is 24.9. The summed E-state index contributed by atoms with van der Waals surface area (Å²) in [5.41, 5.74) is 1.40. The molecule has 5 heteroatoms. The van der Waals surface area contributed by atoms with E-state index in [1.807, 2.05) is 37.8 Å². The molecule has 0 unspecified atom stereocenters. The number of carbonyl (C=O) groups excluding carboxylic acids is 1. The highest BCUT2D eigenvalue weighted by atomic mass is 16.6. The van der Waals surface area contributed by atoms with Crippen LogP contribution in [0.5, 0.6) is 5.75 Å². The van der Waals surface area contributed by atoms with Crippen molar-refractivity contribution in [3.63, 3.8) is 0 Å². The van der Waals surface area contributed by atoms with Crippen LogP contribution in [0.4, 0.5) is 4.79 Å². The van der Waals surface area contributed by atoms with Crippen LogP contribution in [0, 0.1) is 11.3 Å². The van der Waals surface area contributed by atoms with Crippen LogP contribution in [0.25, 0.3) is 0 Å². The van der Waals surface area contributed by atoms with Gasteiger partial charge in [0.25, 0.3) is 0 Å². The van der Waals surface area contributed by atoms with Gasteiger partial charge in [0.15, 0.2) is 0 Å². The van der Waals surface area contributed by atoms with E-state index < -0.39 is 5.60 Å². The van der Waals surface area contributed by atoms with Gasteiger partial charge in [0.05, 0.1) is 7.11 Å². The number of rotatable bonds is 7. The highest BCUT2D eigenvalue weighted by molar-refractivity contribution is 5.68. The van der Waals surface area contributed by atoms with Gasteiger partial charge in [-0.15, -0.1) is 0 Å². The van der Waals surface area contributed by atoms with Crippen LogP contribution in [-0.4, -0.2) is 55.3 Å². The molecule has 1 heterocycles. The number of methoxy groups -OCH3 is 1. The minimum absolute atomic E-state index is 0.139. The maximum Gasteiger partial charge on any atom is 0.410 e. The van der Waals surface area contributed by atoms with Crippen LogP contribution in [0.2, 0.25) is 0 Å². The highest BCUT2D eigenvalue weighted by Gasteiger charge is 2.39. The summed E-state index contributed by atoms with van der Waals surface area (Å²) in [6, 6.07) is 8.39. The molecule has 180 valence electrons. The molecule has 1 saturated carbocycles. The molecule has 2 fully saturated rings. The minimum atomic E-state index is -0.410. The van der Waals surface area contributed by atoms with E-state index in [1.54, 1.807) is 7.11 Å². The molecular weight excluding hydrogens is 400 g/mol. The van der Waals surface area contributed by atoms with Crippen LogP contribution in [0.1, 0.15) is 77.7 Å². The number of carbonyl (C=O) groups is 1. The molecule has 0 bridgehead atoms. The van der Waals surface area contributed by atoms with Crippen molar-refractivity contribution >= 4 is 6.09 Å². The van der Waals surface area contributed by atoms with Gasteiger partial charge in [0.1, 0.15) is 11.4 Å². The summed E-state index contributed by atoms with van der Waals surface area (Å²) in [6.07, 6.45) is 10.1. The van der Waals surface area contributed by atoms with Crippen molar-refractivity contribution in [2.45, 2.75) is 84.3 Å². The average Bonchev–Trinajstić information content (AvgIpc) is 2.75. The van der Waals surface area contributed by atoms with Crippen LogP contribution < -0.4 is 4.74 Å². The van der Waals surface area contributed by atoms with E-state index in [2.05, 4.69) is 24.1 Å². The van der Waals surface area contributed by atoms with Crippen LogP contribution in [0.3, 0.4) is 0 Å². The quantitative estimate of drug-likeness (QED) is 0.508. The molecule has 1 aromatic carbocycles. The molecule has 3 rings (SSSR count). The molecule has 0 aromatic heterocycles. The van der Waals surface area contributed by atoms with Gasteiger partial charge >= 0.3 is 6.09 Å². The van der Waals surface area contributed by atoms with E-state index in [0.29, 0.717) is 5.41 Å². The Bertz CT molecular complexity index is 707. The molecule has 2 aliphatic rings. The third kappa shape index (κ3) is 7.40. The standard InChI is InChI=1S/C27H44N2O3/c1-26(2,3)32-25(30)29-19-16-27(17-20-29)14-12-22(13-15-27)7-6-18-28(4)21-23-8-10-24(31-5)11-9-23/h8-11,22H,6-7,12-21H2,1-5H3. The molecule has 0 N–H and O–H groups in total. The van der Waals surface area contributed by atoms with Crippen LogP contribution in [0.15, 0.2) is 24.3 Å². The van der Waals surface area contributed by atoms with E-state index in [-0.39, 0.29) is 6.09 Å². The largest absolute Gasteiger partial charge is 0.497 e. The highest BCUT2D eigenvalue weighted by Crippen LogP contribution is 2.47. The SMILES string of the molecule is COc1ccc(CN(C)CCCC2CCC3(CC2)CCN(C(=O)OC(C)(C)C)CC3)cc1. The van der Waals surface area contributed by atoms with Gasteiger partial charge in [-0.25, -0.2) is 4.79 Å². The molecule has 0 atom stereocenters. The van der Waals surface area contributed by atoms with E-state index in [0.717, 1.165) is 50.7 Å². The van der Waals surface area contributed by atoms with E-state index in [9.17, 15) is 4.79 Å². The third-order valence-electron chi connectivity index (χ3n) is 7.41. The lowest BCUT2D eigenvalue weighted by molar-refractivity contribution is 0.00103. The molecule has 1 amide bonds. The number of ether oxygens (including phenoxy) is 2. The zero-order chi connectivity index (χ0) is 23.2. The Hall–Kier alpha value is -1.75. The Morgan fingerprint density at radius 1 is 1.09 bits per heavy atom. The van der Waals surface area contributed by atoms with Gasteiger partial charge in [0.2, 0.25) is 0 Å². The zero-order valence-electron chi connectivity index (χ0n) is 21.0. The van der Waals surface area contributed by atoms with Crippen molar-refractivity contribution in [2.75, 3.05) is 33.8 Å². The molecule has 1 saturated heterocycles. The number of amides is 1. The second-order valence-electron chi connectivity index (χ2n) is 11.1. The van der Waals surface area contributed by atoms with E-state index in [4.69, 9.17) is 9.47 Å². The van der Waals surface area contributed by atoms with Crippen molar-refractivity contribution < 1.29 is 14.3 Å². The molecule has 1 spiro atoms.